The molecule has 0 bridgehead atoms. The van der Waals surface area contributed by atoms with Gasteiger partial charge in [0.15, 0.2) is 0 Å². The monoisotopic (exact) mass is 448 g/mol. The Morgan fingerprint density at radius 3 is 2.41 bits per heavy atom. The lowest BCUT2D eigenvalue weighted by Gasteiger charge is -2.08. The van der Waals surface area contributed by atoms with Crippen molar-refractivity contribution in [2.45, 2.75) is 18.0 Å². The predicted octanol–water partition coefficient (Wildman–Crippen LogP) is 4.18. The molecule has 0 spiro atoms. The molecule has 32 heavy (non-hydrogen) atoms. The van der Waals surface area contributed by atoms with E-state index in [1.165, 1.54) is 30.5 Å². The van der Waals surface area contributed by atoms with Crippen LogP contribution in [-0.2, 0) is 27.9 Å². The van der Waals surface area contributed by atoms with Gasteiger partial charge in [-0.05, 0) is 35.9 Å². The van der Waals surface area contributed by atoms with Crippen molar-refractivity contribution in [1.82, 2.24) is 9.71 Å². The summed E-state index contributed by atoms with van der Waals surface area (Å²) < 4.78 is 38.5. The van der Waals surface area contributed by atoms with Crippen molar-refractivity contribution in [3.8, 4) is 11.5 Å². The van der Waals surface area contributed by atoms with Gasteiger partial charge in [0, 0.05) is 12.1 Å². The third kappa shape index (κ3) is 5.29. The zero-order valence-electron chi connectivity index (χ0n) is 17.0. The molecule has 0 unspecified atom stereocenters. The summed E-state index contributed by atoms with van der Waals surface area (Å²) in [6.07, 6.45) is 1.42. The van der Waals surface area contributed by atoms with Crippen molar-refractivity contribution in [2.75, 3.05) is 0 Å². The van der Waals surface area contributed by atoms with Crippen molar-refractivity contribution < 1.29 is 22.4 Å². The third-order valence-electron chi connectivity index (χ3n) is 4.61. The fourth-order valence-electron chi connectivity index (χ4n) is 2.96. The van der Waals surface area contributed by atoms with Crippen LogP contribution in [-0.4, -0.2) is 19.4 Å². The highest BCUT2D eigenvalue weighted by Gasteiger charge is 2.17. The number of oxazole rings is 1. The highest BCUT2D eigenvalue weighted by atomic mass is 32.2. The number of nitrogens with zero attached hydrogens (tertiary/aromatic N) is 1. The Hall–Kier alpha value is -3.75. The van der Waals surface area contributed by atoms with Crippen molar-refractivity contribution in [3.05, 3.63) is 108 Å². The molecular weight excluding hydrogens is 428 g/mol. The van der Waals surface area contributed by atoms with Crippen LogP contribution in [0.1, 0.15) is 21.6 Å². The van der Waals surface area contributed by atoms with E-state index in [4.69, 9.17) is 9.15 Å². The van der Waals surface area contributed by atoms with Crippen LogP contribution in [0.3, 0.4) is 0 Å². The summed E-state index contributed by atoms with van der Waals surface area (Å²) in [4.78, 5) is 16.7. The van der Waals surface area contributed by atoms with Gasteiger partial charge in [-0.1, -0.05) is 54.6 Å². The second kappa shape index (κ2) is 9.59. The molecular formula is C24H20N2O5S. The number of carbonyl (C=O) groups is 1. The smallest absolute Gasteiger partial charge is 0.338 e. The lowest BCUT2D eigenvalue weighted by molar-refractivity contribution is 0.0467. The number of sulfonamides is 1. The van der Waals surface area contributed by atoms with E-state index in [2.05, 4.69) is 9.71 Å². The minimum absolute atomic E-state index is 0.0179. The van der Waals surface area contributed by atoms with E-state index in [-0.39, 0.29) is 23.6 Å². The van der Waals surface area contributed by atoms with Gasteiger partial charge in [0.25, 0.3) is 0 Å². The number of hydrogen-bond donors (Lipinski definition) is 1. The van der Waals surface area contributed by atoms with Crippen molar-refractivity contribution in [3.63, 3.8) is 0 Å². The summed E-state index contributed by atoms with van der Waals surface area (Å²) in [5.41, 5.74) is 2.21. The van der Waals surface area contributed by atoms with Gasteiger partial charge in [-0.25, -0.2) is 22.9 Å². The Bertz CT molecular complexity index is 1300. The molecule has 0 atom stereocenters. The average Bonchev–Trinajstić information content (AvgIpc) is 3.32. The Labute approximate surface area is 185 Å². The second-order valence-corrected chi connectivity index (χ2v) is 8.69. The predicted molar refractivity (Wildman–Crippen MR) is 118 cm³/mol. The lowest BCUT2D eigenvalue weighted by Crippen LogP contribution is -2.23. The molecule has 1 N–H and O–H groups in total. The Balaban J connectivity index is 1.39. The summed E-state index contributed by atoms with van der Waals surface area (Å²) >= 11 is 0. The maximum Gasteiger partial charge on any atom is 0.338 e. The summed E-state index contributed by atoms with van der Waals surface area (Å²) in [6.45, 7) is 0.0478. The molecule has 0 radical (unpaired) electrons. The van der Waals surface area contributed by atoms with E-state index in [0.717, 1.165) is 11.1 Å². The Morgan fingerprint density at radius 1 is 0.938 bits per heavy atom. The average molecular weight is 449 g/mol. The topological polar surface area (TPSA) is 98.5 Å². The van der Waals surface area contributed by atoms with Gasteiger partial charge >= 0.3 is 5.97 Å². The normalized spacial score (nSPS) is 11.2. The molecule has 0 amide bonds. The Kier molecular flexibility index (Phi) is 6.44. The minimum atomic E-state index is -3.79. The molecule has 4 aromatic rings. The van der Waals surface area contributed by atoms with E-state index in [1.54, 1.807) is 0 Å². The molecule has 4 rings (SSSR count). The molecule has 0 aliphatic rings. The zero-order valence-corrected chi connectivity index (χ0v) is 17.8. The van der Waals surface area contributed by atoms with Gasteiger partial charge in [0.1, 0.15) is 18.6 Å². The van der Waals surface area contributed by atoms with Gasteiger partial charge in [0.2, 0.25) is 15.9 Å². The number of nitrogens with one attached hydrogen (secondary N) is 1. The molecule has 0 saturated carbocycles. The van der Waals surface area contributed by atoms with Crippen LogP contribution in [0, 0.1) is 0 Å². The number of rotatable bonds is 8. The molecule has 0 saturated heterocycles. The van der Waals surface area contributed by atoms with Crippen molar-refractivity contribution in [2.24, 2.45) is 0 Å². The quantitative estimate of drug-likeness (QED) is 0.406. The van der Waals surface area contributed by atoms with Gasteiger partial charge in [-0.2, -0.15) is 0 Å². The summed E-state index contributed by atoms with van der Waals surface area (Å²) in [5, 5.41) is 0. The van der Waals surface area contributed by atoms with Crippen LogP contribution in [0.25, 0.3) is 11.5 Å². The molecule has 0 aliphatic carbocycles. The molecule has 7 nitrogen and oxygen atoms in total. The summed E-state index contributed by atoms with van der Waals surface area (Å²) in [6, 6.07) is 24.2. The summed E-state index contributed by atoms with van der Waals surface area (Å²) in [5.74, 6) is -0.233. The van der Waals surface area contributed by atoms with E-state index in [0.29, 0.717) is 11.6 Å². The van der Waals surface area contributed by atoms with Crippen LogP contribution >= 0.6 is 0 Å². The maximum atomic E-state index is 12.6. The summed E-state index contributed by atoms with van der Waals surface area (Å²) in [7, 11) is -3.79. The minimum Gasteiger partial charge on any atom is -0.455 e. The number of ether oxygens (including phenoxy) is 1. The van der Waals surface area contributed by atoms with E-state index < -0.39 is 16.0 Å². The van der Waals surface area contributed by atoms with E-state index in [1.807, 2.05) is 60.7 Å². The number of carbonyl (C=O) groups excluding carboxylic acids is 1. The first-order valence-corrected chi connectivity index (χ1v) is 11.3. The molecule has 1 heterocycles. The van der Waals surface area contributed by atoms with Crippen molar-refractivity contribution >= 4 is 16.0 Å². The number of benzene rings is 3. The van der Waals surface area contributed by atoms with Gasteiger partial charge < -0.3 is 9.15 Å². The van der Waals surface area contributed by atoms with Crippen LogP contribution < -0.4 is 4.72 Å². The molecule has 3 aromatic carbocycles. The lowest BCUT2D eigenvalue weighted by atomic mass is 10.2. The van der Waals surface area contributed by atoms with Crippen molar-refractivity contribution in [1.29, 1.82) is 0 Å². The molecule has 0 aliphatic heterocycles. The SMILES string of the molecule is O=C(OCc1coc(-c2ccccc2)n1)c1cccc(S(=O)(=O)NCc2ccccc2)c1. The fourth-order valence-corrected chi connectivity index (χ4v) is 4.02. The first kappa shape index (κ1) is 21.5. The fraction of sp³-hybridized carbons (Fsp3) is 0.0833. The van der Waals surface area contributed by atoms with E-state index in [9.17, 15) is 13.2 Å². The molecule has 1 aromatic heterocycles. The zero-order chi connectivity index (χ0) is 22.4. The highest BCUT2D eigenvalue weighted by Crippen LogP contribution is 2.19. The molecule has 8 heteroatoms. The first-order valence-electron chi connectivity index (χ1n) is 9.82. The van der Waals surface area contributed by atoms with E-state index >= 15 is 0 Å². The van der Waals surface area contributed by atoms with Gasteiger partial charge in [-0.3, -0.25) is 0 Å². The van der Waals surface area contributed by atoms with Crippen LogP contribution in [0.4, 0.5) is 0 Å². The molecule has 0 fully saturated rings. The largest absolute Gasteiger partial charge is 0.455 e. The molecule has 162 valence electrons. The number of hydrogen-bond acceptors (Lipinski definition) is 6. The second-order valence-electron chi connectivity index (χ2n) is 6.92. The van der Waals surface area contributed by atoms with Gasteiger partial charge in [-0.15, -0.1) is 0 Å². The van der Waals surface area contributed by atoms with Gasteiger partial charge in [0.05, 0.1) is 10.5 Å². The highest BCUT2D eigenvalue weighted by molar-refractivity contribution is 7.89. The third-order valence-corrected chi connectivity index (χ3v) is 6.01. The maximum absolute atomic E-state index is 12.6. The standard InChI is InChI=1S/C24H20N2O5S/c27-24(31-17-21-16-30-23(26-21)19-10-5-2-6-11-19)20-12-7-13-22(14-20)32(28,29)25-15-18-8-3-1-4-9-18/h1-14,16,25H,15,17H2. The number of aromatic nitrogens is 1. The first-order chi connectivity index (χ1) is 15.5. The number of esters is 1. The Morgan fingerprint density at radius 2 is 1.66 bits per heavy atom. The van der Waals surface area contributed by atoms with Crippen LogP contribution in [0.2, 0.25) is 0 Å². The van der Waals surface area contributed by atoms with Crippen LogP contribution in [0.15, 0.2) is 101 Å². The van der Waals surface area contributed by atoms with Crippen LogP contribution in [0.5, 0.6) is 0 Å².